The number of rotatable bonds is 5. The Morgan fingerprint density at radius 3 is 2.61 bits per heavy atom. The molecule has 0 saturated carbocycles. The molecule has 0 aliphatic carbocycles. The van der Waals surface area contributed by atoms with Crippen LogP contribution in [0.2, 0.25) is 0 Å². The molecule has 4 aromatic rings. The Kier molecular flexibility index (Phi) is 5.06. The smallest absolute Gasteiger partial charge is 0.319 e. The minimum Gasteiger partial charge on any atom is -0.350 e. The maximum Gasteiger partial charge on any atom is 0.319 e. The standard InChI is InChI=1S/C23H22N4O/c1-27-16-21(19-11-5-6-12-22(19)27)20(17-8-7-13-24-14-17)15-25-23(28)26-18-9-3-2-4-10-18/h2-14,16,20H,15H2,1H3,(H2,25,26,28)/t20-/m1/s1. The molecule has 5 nitrogen and oxygen atoms in total. The van der Waals surface area contributed by atoms with Crippen molar-refractivity contribution in [3.8, 4) is 0 Å². The average Bonchev–Trinajstić information content (AvgIpc) is 3.06. The molecule has 0 unspecified atom stereocenters. The number of aromatic nitrogens is 2. The number of hydrogen-bond acceptors (Lipinski definition) is 2. The van der Waals surface area contributed by atoms with Crippen LogP contribution in [0, 0.1) is 0 Å². The van der Waals surface area contributed by atoms with Crippen LogP contribution in [0.15, 0.2) is 85.3 Å². The van der Waals surface area contributed by atoms with E-state index >= 15 is 0 Å². The van der Waals surface area contributed by atoms with Gasteiger partial charge in [0.1, 0.15) is 0 Å². The third-order valence-electron chi connectivity index (χ3n) is 4.89. The van der Waals surface area contributed by atoms with Crippen LogP contribution in [0.1, 0.15) is 17.0 Å². The molecule has 5 heteroatoms. The van der Waals surface area contributed by atoms with Crippen LogP contribution in [0.4, 0.5) is 10.5 Å². The second-order valence-corrected chi connectivity index (χ2v) is 6.75. The molecule has 28 heavy (non-hydrogen) atoms. The van der Waals surface area contributed by atoms with Crippen LogP contribution >= 0.6 is 0 Å². The number of nitrogens with zero attached hydrogens (tertiary/aromatic N) is 2. The van der Waals surface area contributed by atoms with Crippen molar-refractivity contribution < 1.29 is 4.79 Å². The average molecular weight is 370 g/mol. The Bertz CT molecular complexity index is 1070. The second-order valence-electron chi connectivity index (χ2n) is 6.75. The van der Waals surface area contributed by atoms with E-state index in [9.17, 15) is 4.79 Å². The number of urea groups is 1. The molecule has 0 bridgehead atoms. The van der Waals surface area contributed by atoms with Gasteiger partial charge in [0.15, 0.2) is 0 Å². The first-order valence-corrected chi connectivity index (χ1v) is 9.26. The minimum atomic E-state index is -0.222. The molecular weight excluding hydrogens is 348 g/mol. The van der Waals surface area contributed by atoms with Gasteiger partial charge in [0, 0.05) is 54.7 Å². The number of benzene rings is 2. The van der Waals surface area contributed by atoms with Crippen LogP contribution < -0.4 is 10.6 Å². The van der Waals surface area contributed by atoms with E-state index in [1.54, 1.807) is 6.20 Å². The lowest BCUT2D eigenvalue weighted by Crippen LogP contribution is -2.32. The number of amides is 2. The zero-order valence-electron chi connectivity index (χ0n) is 15.7. The molecule has 1 atom stereocenters. The van der Waals surface area contributed by atoms with Gasteiger partial charge in [-0.15, -0.1) is 0 Å². The summed E-state index contributed by atoms with van der Waals surface area (Å²) in [7, 11) is 2.04. The lowest BCUT2D eigenvalue weighted by Gasteiger charge is -2.18. The van der Waals surface area contributed by atoms with Crippen molar-refractivity contribution in [3.63, 3.8) is 0 Å². The van der Waals surface area contributed by atoms with Gasteiger partial charge in [-0.1, -0.05) is 42.5 Å². The topological polar surface area (TPSA) is 59.0 Å². The molecule has 0 aliphatic heterocycles. The minimum absolute atomic E-state index is 0.00123. The van der Waals surface area contributed by atoms with Crippen molar-refractivity contribution in [1.82, 2.24) is 14.9 Å². The zero-order chi connectivity index (χ0) is 19.3. The Balaban J connectivity index is 1.60. The van der Waals surface area contributed by atoms with E-state index in [-0.39, 0.29) is 11.9 Å². The quantitative estimate of drug-likeness (QED) is 0.542. The second kappa shape index (κ2) is 7.96. The number of pyridine rings is 1. The Labute approximate surface area is 164 Å². The maximum atomic E-state index is 12.4. The first-order chi connectivity index (χ1) is 13.7. The van der Waals surface area contributed by atoms with Gasteiger partial charge in [0.05, 0.1) is 0 Å². The summed E-state index contributed by atoms with van der Waals surface area (Å²) < 4.78 is 2.12. The van der Waals surface area contributed by atoms with Crippen LogP contribution in [-0.4, -0.2) is 22.1 Å². The first-order valence-electron chi connectivity index (χ1n) is 9.26. The number of fused-ring (bicyclic) bond motifs is 1. The third kappa shape index (κ3) is 3.74. The molecule has 4 rings (SSSR count). The van der Waals surface area contributed by atoms with Crippen LogP contribution in [-0.2, 0) is 7.05 Å². The number of aryl methyl sites for hydroxylation is 1. The van der Waals surface area contributed by atoms with Crippen LogP contribution in [0.5, 0.6) is 0 Å². The Hall–Kier alpha value is -3.60. The number of anilines is 1. The van der Waals surface area contributed by atoms with Gasteiger partial charge in [-0.3, -0.25) is 4.98 Å². The predicted octanol–water partition coefficient (Wildman–Crippen LogP) is 4.53. The van der Waals surface area contributed by atoms with Crippen molar-refractivity contribution in [2.45, 2.75) is 5.92 Å². The van der Waals surface area contributed by atoms with E-state index in [0.29, 0.717) is 6.54 Å². The molecule has 2 N–H and O–H groups in total. The predicted molar refractivity (Wildman–Crippen MR) is 112 cm³/mol. The van der Waals surface area contributed by atoms with E-state index in [4.69, 9.17) is 0 Å². The Morgan fingerprint density at radius 2 is 1.82 bits per heavy atom. The van der Waals surface area contributed by atoms with E-state index in [1.807, 2.05) is 61.8 Å². The lowest BCUT2D eigenvalue weighted by molar-refractivity contribution is 0.252. The highest BCUT2D eigenvalue weighted by molar-refractivity contribution is 5.89. The van der Waals surface area contributed by atoms with E-state index in [1.165, 1.54) is 16.5 Å². The number of carbonyl (C=O) groups is 1. The molecule has 2 aromatic heterocycles. The number of hydrogen-bond donors (Lipinski definition) is 2. The third-order valence-corrected chi connectivity index (χ3v) is 4.89. The molecule has 0 spiro atoms. The fourth-order valence-corrected chi connectivity index (χ4v) is 3.53. The van der Waals surface area contributed by atoms with Gasteiger partial charge in [-0.05, 0) is 35.4 Å². The number of nitrogens with one attached hydrogen (secondary N) is 2. The summed E-state index contributed by atoms with van der Waals surface area (Å²) in [5.41, 5.74) is 4.17. The molecule has 0 saturated heterocycles. The summed E-state index contributed by atoms with van der Waals surface area (Å²) in [5, 5.41) is 7.07. The van der Waals surface area contributed by atoms with E-state index < -0.39 is 0 Å². The van der Waals surface area contributed by atoms with Crippen molar-refractivity contribution >= 4 is 22.6 Å². The van der Waals surface area contributed by atoms with E-state index in [2.05, 4.69) is 44.6 Å². The summed E-state index contributed by atoms with van der Waals surface area (Å²) in [5.74, 6) is 0.00123. The highest BCUT2D eigenvalue weighted by Crippen LogP contribution is 2.31. The van der Waals surface area contributed by atoms with Crippen molar-refractivity contribution in [1.29, 1.82) is 0 Å². The molecule has 2 heterocycles. The van der Waals surface area contributed by atoms with Gasteiger partial charge in [-0.25, -0.2) is 4.79 Å². The van der Waals surface area contributed by atoms with E-state index in [0.717, 1.165) is 11.3 Å². The summed E-state index contributed by atoms with van der Waals surface area (Å²) in [4.78, 5) is 16.7. The maximum absolute atomic E-state index is 12.4. The molecule has 2 amide bonds. The van der Waals surface area contributed by atoms with Crippen LogP contribution in [0.3, 0.4) is 0 Å². The molecule has 0 radical (unpaired) electrons. The number of para-hydroxylation sites is 2. The highest BCUT2D eigenvalue weighted by Gasteiger charge is 2.20. The molecule has 140 valence electrons. The van der Waals surface area contributed by atoms with Crippen molar-refractivity contribution in [2.75, 3.05) is 11.9 Å². The monoisotopic (exact) mass is 370 g/mol. The van der Waals surface area contributed by atoms with Gasteiger partial charge >= 0.3 is 6.03 Å². The summed E-state index contributed by atoms with van der Waals surface area (Å²) in [6.07, 6.45) is 5.77. The largest absolute Gasteiger partial charge is 0.350 e. The summed E-state index contributed by atoms with van der Waals surface area (Å²) in [6.45, 7) is 0.471. The van der Waals surface area contributed by atoms with Crippen molar-refractivity contribution in [2.24, 2.45) is 7.05 Å². The van der Waals surface area contributed by atoms with Gasteiger partial charge in [0.2, 0.25) is 0 Å². The molecular formula is C23H22N4O. The molecule has 2 aromatic carbocycles. The molecule has 0 fully saturated rings. The van der Waals surface area contributed by atoms with Gasteiger partial charge < -0.3 is 15.2 Å². The van der Waals surface area contributed by atoms with Gasteiger partial charge in [0.25, 0.3) is 0 Å². The van der Waals surface area contributed by atoms with Crippen LogP contribution in [0.25, 0.3) is 10.9 Å². The highest BCUT2D eigenvalue weighted by atomic mass is 16.2. The normalized spacial score (nSPS) is 11.9. The first kappa shape index (κ1) is 17.8. The zero-order valence-corrected chi connectivity index (χ0v) is 15.7. The summed E-state index contributed by atoms with van der Waals surface area (Å²) in [6, 6.07) is 21.5. The lowest BCUT2D eigenvalue weighted by atomic mass is 9.92. The fourth-order valence-electron chi connectivity index (χ4n) is 3.53. The Morgan fingerprint density at radius 1 is 1.04 bits per heavy atom. The van der Waals surface area contributed by atoms with Crippen molar-refractivity contribution in [3.05, 3.63) is 96.4 Å². The summed E-state index contributed by atoms with van der Waals surface area (Å²) >= 11 is 0. The number of carbonyl (C=O) groups excluding carboxylic acids is 1. The SMILES string of the molecule is Cn1cc([C@H](CNC(=O)Nc2ccccc2)c2cccnc2)c2ccccc21. The fraction of sp³-hybridized carbons (Fsp3) is 0.130. The molecule has 0 aliphatic rings. The van der Waals surface area contributed by atoms with Gasteiger partial charge in [-0.2, -0.15) is 0 Å².